The van der Waals surface area contributed by atoms with Crippen LogP contribution >= 0.6 is 0 Å². The molecule has 4 heteroatoms. The summed E-state index contributed by atoms with van der Waals surface area (Å²) in [5.74, 6) is 0.848. The molecule has 0 saturated carbocycles. The Morgan fingerprint density at radius 1 is 1.37 bits per heavy atom. The van der Waals surface area contributed by atoms with Crippen molar-refractivity contribution in [3.05, 3.63) is 35.4 Å². The van der Waals surface area contributed by atoms with Crippen LogP contribution in [0, 0.1) is 5.92 Å². The van der Waals surface area contributed by atoms with E-state index in [9.17, 15) is 0 Å². The van der Waals surface area contributed by atoms with Gasteiger partial charge in [0, 0.05) is 18.2 Å². The molecule has 1 aromatic carbocycles. The summed E-state index contributed by atoms with van der Waals surface area (Å²) in [6, 6.07) is 8.34. The standard InChI is InChI=1S/C15H25N3O/c1-11(2)8-12(3)18(4)10-13-6-5-7-14(9-13)15(16)17-19/h5-7,9,11-12,19H,8,10H2,1-4H3,(H2,16,17). The lowest BCUT2D eigenvalue weighted by atomic mass is 10.0. The van der Waals surface area contributed by atoms with E-state index in [2.05, 4.69) is 43.9 Å². The fourth-order valence-electron chi connectivity index (χ4n) is 2.19. The van der Waals surface area contributed by atoms with Gasteiger partial charge in [0.1, 0.15) is 0 Å². The Morgan fingerprint density at radius 3 is 2.63 bits per heavy atom. The first kappa shape index (κ1) is 15.5. The SMILES string of the molecule is CC(C)CC(C)N(C)Cc1cccc(C(N)=NO)c1. The van der Waals surface area contributed by atoms with Crippen molar-refractivity contribution in [2.75, 3.05) is 7.05 Å². The summed E-state index contributed by atoms with van der Waals surface area (Å²) in [5, 5.41) is 11.7. The number of hydrogen-bond acceptors (Lipinski definition) is 3. The molecule has 106 valence electrons. The quantitative estimate of drug-likeness (QED) is 0.359. The van der Waals surface area contributed by atoms with Gasteiger partial charge in [0.15, 0.2) is 5.84 Å². The van der Waals surface area contributed by atoms with Gasteiger partial charge in [-0.25, -0.2) is 0 Å². The van der Waals surface area contributed by atoms with E-state index in [1.54, 1.807) is 0 Å². The van der Waals surface area contributed by atoms with Crippen LogP contribution < -0.4 is 5.73 Å². The minimum atomic E-state index is 0.153. The van der Waals surface area contributed by atoms with Crippen molar-refractivity contribution < 1.29 is 5.21 Å². The van der Waals surface area contributed by atoms with E-state index in [1.807, 2.05) is 18.2 Å². The van der Waals surface area contributed by atoms with Crippen LogP contribution in [0.4, 0.5) is 0 Å². The van der Waals surface area contributed by atoms with Crippen LogP contribution in [0.15, 0.2) is 29.4 Å². The Kier molecular flexibility index (Phi) is 5.83. The van der Waals surface area contributed by atoms with Crippen molar-refractivity contribution in [3.8, 4) is 0 Å². The molecule has 1 unspecified atom stereocenters. The van der Waals surface area contributed by atoms with Crippen molar-refractivity contribution in [1.29, 1.82) is 0 Å². The van der Waals surface area contributed by atoms with Gasteiger partial charge >= 0.3 is 0 Å². The molecule has 0 aliphatic heterocycles. The Bertz CT molecular complexity index is 429. The molecule has 1 atom stereocenters. The highest BCUT2D eigenvalue weighted by Crippen LogP contribution is 2.14. The first-order valence-electron chi connectivity index (χ1n) is 6.71. The number of amidine groups is 1. The molecule has 19 heavy (non-hydrogen) atoms. The molecule has 4 nitrogen and oxygen atoms in total. The fourth-order valence-corrected chi connectivity index (χ4v) is 2.19. The van der Waals surface area contributed by atoms with E-state index in [1.165, 1.54) is 12.0 Å². The van der Waals surface area contributed by atoms with Crippen LogP contribution in [0.25, 0.3) is 0 Å². The lowest BCUT2D eigenvalue weighted by molar-refractivity contribution is 0.220. The first-order chi connectivity index (χ1) is 8.93. The molecule has 0 spiro atoms. The Balaban J connectivity index is 2.71. The van der Waals surface area contributed by atoms with Gasteiger partial charge in [-0.2, -0.15) is 0 Å². The Labute approximate surface area is 115 Å². The van der Waals surface area contributed by atoms with Gasteiger partial charge < -0.3 is 10.9 Å². The molecule has 0 fully saturated rings. The van der Waals surface area contributed by atoms with Gasteiger partial charge in [-0.15, -0.1) is 0 Å². The van der Waals surface area contributed by atoms with Crippen molar-refractivity contribution in [2.24, 2.45) is 16.8 Å². The highest BCUT2D eigenvalue weighted by molar-refractivity contribution is 5.97. The third-order valence-electron chi connectivity index (χ3n) is 3.33. The maximum atomic E-state index is 8.70. The molecule has 0 heterocycles. The summed E-state index contributed by atoms with van der Waals surface area (Å²) in [5.41, 5.74) is 7.53. The summed E-state index contributed by atoms with van der Waals surface area (Å²) in [6.07, 6.45) is 1.18. The van der Waals surface area contributed by atoms with E-state index >= 15 is 0 Å². The Hall–Kier alpha value is -1.55. The van der Waals surface area contributed by atoms with E-state index in [-0.39, 0.29) is 5.84 Å². The third-order valence-corrected chi connectivity index (χ3v) is 3.33. The highest BCUT2D eigenvalue weighted by Gasteiger charge is 2.11. The number of benzene rings is 1. The average molecular weight is 263 g/mol. The van der Waals surface area contributed by atoms with Crippen LogP contribution in [0.1, 0.15) is 38.3 Å². The summed E-state index contributed by atoms with van der Waals surface area (Å²) >= 11 is 0. The first-order valence-corrected chi connectivity index (χ1v) is 6.71. The van der Waals surface area contributed by atoms with E-state index in [0.717, 1.165) is 12.1 Å². The molecule has 0 amide bonds. The average Bonchev–Trinajstić information content (AvgIpc) is 2.37. The van der Waals surface area contributed by atoms with Crippen LogP contribution in [0.3, 0.4) is 0 Å². The normalized spacial score (nSPS) is 14.1. The maximum absolute atomic E-state index is 8.70. The van der Waals surface area contributed by atoms with Crippen molar-refractivity contribution in [1.82, 2.24) is 4.90 Å². The maximum Gasteiger partial charge on any atom is 0.170 e. The molecule has 1 aromatic rings. The smallest absolute Gasteiger partial charge is 0.170 e. The summed E-state index contributed by atoms with van der Waals surface area (Å²) in [4.78, 5) is 2.32. The van der Waals surface area contributed by atoms with Crippen LogP contribution in [0.2, 0.25) is 0 Å². The summed E-state index contributed by atoms with van der Waals surface area (Å²) in [7, 11) is 2.13. The molecular formula is C15H25N3O. The summed E-state index contributed by atoms with van der Waals surface area (Å²) in [6.45, 7) is 7.58. The molecule has 1 rings (SSSR count). The third kappa shape index (κ3) is 4.91. The zero-order valence-electron chi connectivity index (χ0n) is 12.3. The molecule has 0 aromatic heterocycles. The largest absolute Gasteiger partial charge is 0.409 e. The van der Waals surface area contributed by atoms with Crippen LogP contribution in [-0.2, 0) is 6.54 Å². The monoisotopic (exact) mass is 263 g/mol. The number of hydrogen-bond donors (Lipinski definition) is 2. The van der Waals surface area contributed by atoms with E-state index in [0.29, 0.717) is 12.0 Å². The molecule has 0 aliphatic carbocycles. The second kappa shape index (κ2) is 7.14. The van der Waals surface area contributed by atoms with E-state index in [4.69, 9.17) is 10.9 Å². The Morgan fingerprint density at radius 2 is 2.05 bits per heavy atom. The molecule has 0 aliphatic rings. The minimum absolute atomic E-state index is 0.153. The molecule has 0 saturated heterocycles. The van der Waals surface area contributed by atoms with Gasteiger partial charge in [0.2, 0.25) is 0 Å². The number of nitrogens with zero attached hydrogens (tertiary/aromatic N) is 2. The number of rotatable bonds is 6. The van der Waals surface area contributed by atoms with Crippen LogP contribution in [-0.4, -0.2) is 29.0 Å². The predicted octanol–water partition coefficient (Wildman–Crippen LogP) is 2.65. The highest BCUT2D eigenvalue weighted by atomic mass is 16.4. The van der Waals surface area contributed by atoms with Gasteiger partial charge in [-0.1, -0.05) is 37.2 Å². The number of nitrogens with two attached hydrogens (primary N) is 1. The van der Waals surface area contributed by atoms with Crippen molar-refractivity contribution in [2.45, 2.75) is 39.8 Å². The molecular weight excluding hydrogens is 238 g/mol. The van der Waals surface area contributed by atoms with Crippen molar-refractivity contribution in [3.63, 3.8) is 0 Å². The second-order valence-electron chi connectivity index (χ2n) is 5.58. The van der Waals surface area contributed by atoms with Gasteiger partial charge in [-0.3, -0.25) is 4.90 Å². The zero-order valence-corrected chi connectivity index (χ0v) is 12.3. The number of oxime groups is 1. The van der Waals surface area contributed by atoms with E-state index < -0.39 is 0 Å². The second-order valence-corrected chi connectivity index (χ2v) is 5.58. The summed E-state index contributed by atoms with van der Waals surface area (Å²) < 4.78 is 0. The lowest BCUT2D eigenvalue weighted by Gasteiger charge is -2.26. The van der Waals surface area contributed by atoms with Gasteiger partial charge in [-0.05, 0) is 37.9 Å². The molecule has 0 bridgehead atoms. The van der Waals surface area contributed by atoms with Crippen molar-refractivity contribution >= 4 is 5.84 Å². The molecule has 3 N–H and O–H groups in total. The minimum Gasteiger partial charge on any atom is -0.409 e. The van der Waals surface area contributed by atoms with Crippen LogP contribution in [0.5, 0.6) is 0 Å². The fraction of sp³-hybridized carbons (Fsp3) is 0.533. The topological polar surface area (TPSA) is 61.8 Å². The van der Waals surface area contributed by atoms with Gasteiger partial charge in [0.05, 0.1) is 0 Å². The predicted molar refractivity (Wildman–Crippen MR) is 79.3 cm³/mol. The molecule has 0 radical (unpaired) electrons. The lowest BCUT2D eigenvalue weighted by Crippen LogP contribution is -2.29. The zero-order chi connectivity index (χ0) is 14.4. The van der Waals surface area contributed by atoms with Gasteiger partial charge in [0.25, 0.3) is 0 Å².